The molecule has 134 valence electrons. The first-order valence-electron chi connectivity index (χ1n) is 8.17. The van der Waals surface area contributed by atoms with E-state index in [0.29, 0.717) is 28.2 Å². The van der Waals surface area contributed by atoms with E-state index >= 15 is 0 Å². The predicted molar refractivity (Wildman–Crippen MR) is 109 cm³/mol. The number of benzene rings is 3. The topological polar surface area (TPSA) is 32.3 Å². The fourth-order valence-corrected chi connectivity index (χ4v) is 3.19. The highest BCUT2D eigenvalue weighted by molar-refractivity contribution is 6.31. The third-order valence-corrected chi connectivity index (χ3v) is 5.02. The van der Waals surface area contributed by atoms with Crippen LogP contribution in [0.1, 0.15) is 16.7 Å². The third-order valence-electron chi connectivity index (χ3n) is 4.27. The number of nitrogens with one attached hydrogen (secondary N) is 1. The number of halogens is 3. The van der Waals surface area contributed by atoms with Crippen molar-refractivity contribution in [1.29, 1.82) is 0 Å². The standard InChI is InChI=1S/C21H18Cl3NO/c22-18-7-1-15(2-8-18)13-25-14-21(26,16-3-9-19(23)10-4-16)17-5-11-20(24)12-6-17/h1-12,25-26H,13-14H2. The molecule has 3 rings (SSSR count). The van der Waals surface area contributed by atoms with Gasteiger partial charge in [-0.1, -0.05) is 71.2 Å². The first-order valence-corrected chi connectivity index (χ1v) is 9.30. The molecule has 0 saturated heterocycles. The summed E-state index contributed by atoms with van der Waals surface area (Å²) in [7, 11) is 0. The summed E-state index contributed by atoms with van der Waals surface area (Å²) in [5.74, 6) is 0. The van der Waals surface area contributed by atoms with Gasteiger partial charge in [0.1, 0.15) is 5.60 Å². The lowest BCUT2D eigenvalue weighted by atomic mass is 9.86. The molecule has 0 heterocycles. The summed E-state index contributed by atoms with van der Waals surface area (Å²) < 4.78 is 0. The summed E-state index contributed by atoms with van der Waals surface area (Å²) in [6.45, 7) is 0.944. The van der Waals surface area contributed by atoms with Gasteiger partial charge in [-0.05, 0) is 53.1 Å². The second kappa shape index (κ2) is 8.43. The van der Waals surface area contributed by atoms with E-state index < -0.39 is 5.60 Å². The van der Waals surface area contributed by atoms with Gasteiger partial charge in [0.25, 0.3) is 0 Å². The maximum absolute atomic E-state index is 11.5. The molecule has 0 bridgehead atoms. The molecule has 5 heteroatoms. The van der Waals surface area contributed by atoms with E-state index in [1.54, 1.807) is 24.3 Å². The zero-order valence-electron chi connectivity index (χ0n) is 13.9. The largest absolute Gasteiger partial charge is 0.379 e. The summed E-state index contributed by atoms with van der Waals surface area (Å²) in [6.07, 6.45) is 0. The molecule has 0 spiro atoms. The lowest BCUT2D eigenvalue weighted by Gasteiger charge is -2.30. The van der Waals surface area contributed by atoms with Crippen LogP contribution in [0.5, 0.6) is 0 Å². The van der Waals surface area contributed by atoms with Gasteiger partial charge >= 0.3 is 0 Å². The molecule has 0 aliphatic rings. The van der Waals surface area contributed by atoms with Gasteiger partial charge < -0.3 is 10.4 Å². The summed E-state index contributed by atoms with van der Waals surface area (Å²) in [6, 6.07) is 22.1. The van der Waals surface area contributed by atoms with Crippen molar-refractivity contribution in [1.82, 2.24) is 5.32 Å². The lowest BCUT2D eigenvalue weighted by molar-refractivity contribution is 0.0796. The molecule has 26 heavy (non-hydrogen) atoms. The van der Waals surface area contributed by atoms with Gasteiger partial charge in [0.05, 0.1) is 0 Å². The van der Waals surface area contributed by atoms with E-state index in [1.165, 1.54) is 0 Å². The molecule has 0 fully saturated rings. The van der Waals surface area contributed by atoms with Crippen molar-refractivity contribution in [3.63, 3.8) is 0 Å². The summed E-state index contributed by atoms with van der Waals surface area (Å²) in [4.78, 5) is 0. The van der Waals surface area contributed by atoms with Gasteiger partial charge in [-0.25, -0.2) is 0 Å². The molecular weight excluding hydrogens is 389 g/mol. The lowest BCUT2D eigenvalue weighted by Crippen LogP contribution is -2.39. The molecule has 2 nitrogen and oxygen atoms in total. The summed E-state index contributed by atoms with van der Waals surface area (Å²) in [5.41, 5.74) is 1.39. The smallest absolute Gasteiger partial charge is 0.127 e. The zero-order valence-corrected chi connectivity index (χ0v) is 16.2. The second-order valence-electron chi connectivity index (χ2n) is 6.10. The average Bonchev–Trinajstić information content (AvgIpc) is 2.64. The minimum atomic E-state index is -1.21. The van der Waals surface area contributed by atoms with Gasteiger partial charge in [-0.2, -0.15) is 0 Å². The summed E-state index contributed by atoms with van der Waals surface area (Å²) >= 11 is 17.9. The highest BCUT2D eigenvalue weighted by Gasteiger charge is 2.31. The van der Waals surface area contributed by atoms with Crippen molar-refractivity contribution in [2.24, 2.45) is 0 Å². The van der Waals surface area contributed by atoms with E-state index in [4.69, 9.17) is 34.8 Å². The van der Waals surface area contributed by atoms with Crippen LogP contribution in [0.15, 0.2) is 72.8 Å². The van der Waals surface area contributed by atoms with E-state index in [-0.39, 0.29) is 0 Å². The molecule has 3 aromatic rings. The van der Waals surface area contributed by atoms with Crippen LogP contribution in [0, 0.1) is 0 Å². The fourth-order valence-electron chi connectivity index (χ4n) is 2.81. The Hall–Kier alpha value is -1.55. The van der Waals surface area contributed by atoms with Crippen molar-refractivity contribution in [3.8, 4) is 0 Å². The maximum Gasteiger partial charge on any atom is 0.127 e. The monoisotopic (exact) mass is 405 g/mol. The Labute approximate surface area is 168 Å². The number of hydrogen-bond acceptors (Lipinski definition) is 2. The van der Waals surface area contributed by atoms with Crippen LogP contribution < -0.4 is 5.32 Å². The minimum Gasteiger partial charge on any atom is -0.379 e. The first-order chi connectivity index (χ1) is 12.5. The third kappa shape index (κ3) is 4.59. The Morgan fingerprint density at radius 3 is 1.46 bits per heavy atom. The number of aliphatic hydroxyl groups is 1. The fraction of sp³-hybridized carbons (Fsp3) is 0.143. The highest BCUT2D eigenvalue weighted by atomic mass is 35.5. The van der Waals surface area contributed by atoms with Crippen molar-refractivity contribution >= 4 is 34.8 Å². The van der Waals surface area contributed by atoms with E-state index in [2.05, 4.69) is 5.32 Å². The second-order valence-corrected chi connectivity index (χ2v) is 7.41. The van der Waals surface area contributed by atoms with Crippen LogP contribution in [-0.2, 0) is 12.1 Å². The van der Waals surface area contributed by atoms with Gasteiger partial charge in [0.2, 0.25) is 0 Å². The van der Waals surface area contributed by atoms with Crippen LogP contribution in [0.2, 0.25) is 15.1 Å². The molecule has 0 radical (unpaired) electrons. The number of rotatable bonds is 6. The molecule has 0 aliphatic carbocycles. The first kappa shape index (κ1) is 19.2. The normalized spacial score (nSPS) is 11.5. The van der Waals surface area contributed by atoms with E-state index in [1.807, 2.05) is 48.5 Å². The molecule has 0 aromatic heterocycles. The van der Waals surface area contributed by atoms with Gasteiger partial charge in [-0.3, -0.25) is 0 Å². The quantitative estimate of drug-likeness (QED) is 0.552. The Balaban J connectivity index is 1.83. The molecule has 0 amide bonds. The van der Waals surface area contributed by atoms with E-state index in [9.17, 15) is 5.11 Å². The molecule has 0 saturated carbocycles. The summed E-state index contributed by atoms with van der Waals surface area (Å²) in [5, 5.41) is 16.8. The Morgan fingerprint density at radius 1 is 0.654 bits per heavy atom. The average molecular weight is 407 g/mol. The van der Waals surface area contributed by atoms with Crippen LogP contribution in [-0.4, -0.2) is 11.7 Å². The van der Waals surface area contributed by atoms with Crippen molar-refractivity contribution in [3.05, 3.63) is 105 Å². The molecule has 0 atom stereocenters. The van der Waals surface area contributed by atoms with Gasteiger partial charge in [-0.15, -0.1) is 0 Å². The number of hydrogen-bond donors (Lipinski definition) is 2. The SMILES string of the molecule is OC(CNCc1ccc(Cl)cc1)(c1ccc(Cl)cc1)c1ccc(Cl)cc1. The molecular formula is C21H18Cl3NO. The van der Waals surface area contributed by atoms with Gasteiger partial charge in [0.15, 0.2) is 0 Å². The van der Waals surface area contributed by atoms with Crippen LogP contribution in [0.3, 0.4) is 0 Å². The Morgan fingerprint density at radius 2 is 1.04 bits per heavy atom. The molecule has 0 unspecified atom stereocenters. The molecule has 3 aromatic carbocycles. The van der Waals surface area contributed by atoms with E-state index in [0.717, 1.165) is 16.7 Å². The zero-order chi connectivity index (χ0) is 18.6. The van der Waals surface area contributed by atoms with Crippen LogP contribution in [0.25, 0.3) is 0 Å². The van der Waals surface area contributed by atoms with Gasteiger partial charge in [0, 0.05) is 28.2 Å². The predicted octanol–water partition coefficient (Wildman–Crippen LogP) is 5.67. The molecule has 2 N–H and O–H groups in total. The van der Waals surface area contributed by atoms with Crippen molar-refractivity contribution in [2.75, 3.05) is 6.54 Å². The van der Waals surface area contributed by atoms with Crippen molar-refractivity contribution < 1.29 is 5.11 Å². The Bertz CT molecular complexity index is 800. The minimum absolute atomic E-state index is 0.332. The Kier molecular flexibility index (Phi) is 6.23. The molecule has 0 aliphatic heterocycles. The maximum atomic E-state index is 11.5. The van der Waals surface area contributed by atoms with Crippen LogP contribution in [0.4, 0.5) is 0 Å². The highest BCUT2D eigenvalue weighted by Crippen LogP contribution is 2.31. The van der Waals surface area contributed by atoms with Crippen molar-refractivity contribution in [2.45, 2.75) is 12.1 Å². The van der Waals surface area contributed by atoms with Crippen LogP contribution >= 0.6 is 34.8 Å².